The summed E-state index contributed by atoms with van der Waals surface area (Å²) in [7, 11) is 0. The molecule has 1 aliphatic heterocycles. The van der Waals surface area contributed by atoms with Crippen molar-refractivity contribution in [2.45, 2.75) is 32.1 Å². The Bertz CT molecular complexity index is 1010. The highest BCUT2D eigenvalue weighted by Gasteiger charge is 2.31. The van der Waals surface area contributed by atoms with Gasteiger partial charge in [-0.2, -0.15) is 5.26 Å². The zero-order chi connectivity index (χ0) is 20.1. The number of benzene rings is 2. The molecule has 1 aliphatic rings. The lowest BCUT2D eigenvalue weighted by Gasteiger charge is -2.17. The van der Waals surface area contributed by atoms with Gasteiger partial charge in [-0.3, -0.25) is 4.79 Å². The summed E-state index contributed by atoms with van der Waals surface area (Å²) in [5.74, 6) is 0.159. The van der Waals surface area contributed by atoms with Crippen molar-refractivity contribution >= 4 is 18.3 Å². The highest BCUT2D eigenvalue weighted by molar-refractivity contribution is 5.85. The number of nitriles is 1. The van der Waals surface area contributed by atoms with E-state index in [-0.39, 0.29) is 24.4 Å². The van der Waals surface area contributed by atoms with Crippen LogP contribution in [0.5, 0.6) is 0 Å². The maximum absolute atomic E-state index is 12.7. The maximum Gasteiger partial charge on any atom is 0.240 e. The number of carbonyl (C=O) groups is 1. The molecule has 3 aromatic rings. The molecule has 0 saturated carbocycles. The third-order valence-electron chi connectivity index (χ3n) is 5.28. The molecule has 0 unspecified atom stereocenters. The van der Waals surface area contributed by atoms with Crippen LogP contribution in [-0.2, 0) is 24.4 Å². The second kappa shape index (κ2) is 10.1. The van der Waals surface area contributed by atoms with Gasteiger partial charge in [0.15, 0.2) is 0 Å². The van der Waals surface area contributed by atoms with Crippen LogP contribution >= 0.6 is 12.4 Å². The molecular weight excluding hydrogens is 398 g/mol. The van der Waals surface area contributed by atoms with Crippen molar-refractivity contribution in [3.05, 3.63) is 89.5 Å². The molecule has 154 valence electrons. The SMILES string of the molecule is Cl.N#Cc1ccc(Cn2cncc2CN[C@@H]2CCN(Cc3ccccc3)C2=O)cc1. The summed E-state index contributed by atoms with van der Waals surface area (Å²) < 4.78 is 2.07. The number of amides is 1. The van der Waals surface area contributed by atoms with Gasteiger partial charge in [-0.05, 0) is 29.7 Å². The van der Waals surface area contributed by atoms with E-state index >= 15 is 0 Å². The van der Waals surface area contributed by atoms with Crippen LogP contribution < -0.4 is 5.32 Å². The third kappa shape index (κ3) is 5.07. The third-order valence-corrected chi connectivity index (χ3v) is 5.28. The first kappa shape index (κ1) is 21.6. The van der Waals surface area contributed by atoms with Crippen molar-refractivity contribution in [3.63, 3.8) is 0 Å². The first-order valence-electron chi connectivity index (χ1n) is 9.77. The fourth-order valence-electron chi connectivity index (χ4n) is 3.64. The van der Waals surface area contributed by atoms with Crippen molar-refractivity contribution < 1.29 is 4.79 Å². The van der Waals surface area contributed by atoms with Gasteiger partial charge in [0.25, 0.3) is 0 Å². The van der Waals surface area contributed by atoms with Gasteiger partial charge in [0, 0.05) is 32.4 Å². The number of imidazole rings is 1. The largest absolute Gasteiger partial charge is 0.337 e. The molecular formula is C23H24ClN5O. The summed E-state index contributed by atoms with van der Waals surface area (Å²) in [5, 5.41) is 12.3. The van der Waals surface area contributed by atoms with Crippen LogP contribution in [0, 0.1) is 11.3 Å². The minimum Gasteiger partial charge on any atom is -0.337 e. The highest BCUT2D eigenvalue weighted by atomic mass is 35.5. The first-order valence-corrected chi connectivity index (χ1v) is 9.77. The molecule has 2 heterocycles. The standard InChI is InChI=1S/C23H23N5O.ClH/c24-12-18-6-8-20(9-7-18)16-28-17-25-13-21(28)14-26-22-10-11-27(23(22)29)15-19-4-2-1-3-5-19;/h1-9,13,17,22,26H,10-11,14-16H2;1H/t22-;/m1./s1. The van der Waals surface area contributed by atoms with E-state index in [1.165, 1.54) is 0 Å². The van der Waals surface area contributed by atoms with Gasteiger partial charge < -0.3 is 14.8 Å². The number of aromatic nitrogens is 2. The number of rotatable bonds is 7. The molecule has 1 amide bonds. The normalized spacial score (nSPS) is 15.6. The average Bonchev–Trinajstić information content (AvgIpc) is 3.34. The number of nitrogens with zero attached hydrogens (tertiary/aromatic N) is 4. The zero-order valence-corrected chi connectivity index (χ0v) is 17.4. The zero-order valence-electron chi connectivity index (χ0n) is 16.6. The van der Waals surface area contributed by atoms with Gasteiger partial charge in [0.2, 0.25) is 5.91 Å². The van der Waals surface area contributed by atoms with E-state index in [1.807, 2.05) is 53.6 Å². The van der Waals surface area contributed by atoms with Crippen molar-refractivity contribution in [1.29, 1.82) is 5.26 Å². The molecule has 1 fully saturated rings. The second-order valence-corrected chi connectivity index (χ2v) is 7.29. The van der Waals surface area contributed by atoms with Gasteiger partial charge >= 0.3 is 0 Å². The highest BCUT2D eigenvalue weighted by Crippen LogP contribution is 2.16. The summed E-state index contributed by atoms with van der Waals surface area (Å²) in [5.41, 5.74) is 3.95. The number of nitrogens with one attached hydrogen (secondary N) is 1. The maximum atomic E-state index is 12.7. The van der Waals surface area contributed by atoms with Crippen LogP contribution in [0.2, 0.25) is 0 Å². The van der Waals surface area contributed by atoms with Crippen molar-refractivity contribution in [2.75, 3.05) is 6.54 Å². The number of likely N-dealkylation sites (tertiary alicyclic amines) is 1. The Morgan fingerprint density at radius 1 is 1.07 bits per heavy atom. The predicted octanol–water partition coefficient (Wildman–Crippen LogP) is 3.12. The molecule has 4 rings (SSSR count). The molecule has 0 spiro atoms. The smallest absolute Gasteiger partial charge is 0.240 e. The fourth-order valence-corrected chi connectivity index (χ4v) is 3.64. The first-order chi connectivity index (χ1) is 14.2. The van der Waals surface area contributed by atoms with Gasteiger partial charge in [0.05, 0.1) is 29.7 Å². The molecule has 7 heteroatoms. The molecule has 0 radical (unpaired) electrons. The Labute approximate surface area is 182 Å². The van der Waals surface area contributed by atoms with Crippen LogP contribution in [0.25, 0.3) is 0 Å². The van der Waals surface area contributed by atoms with Crippen LogP contribution in [0.15, 0.2) is 67.1 Å². The quantitative estimate of drug-likeness (QED) is 0.636. The van der Waals surface area contributed by atoms with Crippen molar-refractivity contribution in [3.8, 4) is 6.07 Å². The topological polar surface area (TPSA) is 74.0 Å². The minimum absolute atomic E-state index is 0. The monoisotopic (exact) mass is 421 g/mol. The lowest BCUT2D eigenvalue weighted by molar-refractivity contribution is -0.129. The van der Waals surface area contributed by atoms with E-state index in [9.17, 15) is 4.79 Å². The van der Waals surface area contributed by atoms with E-state index in [1.54, 1.807) is 6.33 Å². The molecule has 0 bridgehead atoms. The van der Waals surface area contributed by atoms with Crippen LogP contribution in [0.3, 0.4) is 0 Å². The van der Waals surface area contributed by atoms with Gasteiger partial charge in [-0.15, -0.1) is 12.4 Å². The Balaban J connectivity index is 0.00000256. The van der Waals surface area contributed by atoms with E-state index in [4.69, 9.17) is 5.26 Å². The van der Waals surface area contributed by atoms with E-state index < -0.39 is 0 Å². The number of carbonyl (C=O) groups excluding carboxylic acids is 1. The van der Waals surface area contributed by atoms with E-state index in [0.29, 0.717) is 25.2 Å². The van der Waals surface area contributed by atoms with E-state index in [0.717, 1.165) is 29.8 Å². The Kier molecular flexibility index (Phi) is 7.23. The molecule has 1 N–H and O–H groups in total. The predicted molar refractivity (Wildman–Crippen MR) is 117 cm³/mol. The Hall–Kier alpha value is -3.14. The van der Waals surface area contributed by atoms with Gasteiger partial charge in [-0.1, -0.05) is 42.5 Å². The Morgan fingerprint density at radius 2 is 1.80 bits per heavy atom. The lowest BCUT2D eigenvalue weighted by atomic mass is 10.1. The summed E-state index contributed by atoms with van der Waals surface area (Å²) in [6.07, 6.45) is 4.45. The molecule has 1 saturated heterocycles. The summed E-state index contributed by atoms with van der Waals surface area (Å²) >= 11 is 0. The van der Waals surface area contributed by atoms with Crippen molar-refractivity contribution in [1.82, 2.24) is 19.8 Å². The average molecular weight is 422 g/mol. The lowest BCUT2D eigenvalue weighted by Crippen LogP contribution is -2.38. The molecule has 0 aliphatic carbocycles. The molecule has 1 atom stereocenters. The van der Waals surface area contributed by atoms with Crippen LogP contribution in [-0.4, -0.2) is 32.9 Å². The van der Waals surface area contributed by atoms with Gasteiger partial charge in [0.1, 0.15) is 0 Å². The second-order valence-electron chi connectivity index (χ2n) is 7.29. The molecule has 6 nitrogen and oxygen atoms in total. The summed E-state index contributed by atoms with van der Waals surface area (Å²) in [4.78, 5) is 18.9. The van der Waals surface area contributed by atoms with Crippen LogP contribution in [0.4, 0.5) is 0 Å². The summed E-state index contributed by atoms with van der Waals surface area (Å²) in [6, 6.07) is 19.6. The number of hydrogen-bond donors (Lipinski definition) is 1. The van der Waals surface area contributed by atoms with Crippen molar-refractivity contribution in [2.24, 2.45) is 0 Å². The Morgan fingerprint density at radius 3 is 2.53 bits per heavy atom. The van der Waals surface area contributed by atoms with Gasteiger partial charge in [-0.25, -0.2) is 4.98 Å². The number of halogens is 1. The minimum atomic E-state index is -0.156. The number of hydrogen-bond acceptors (Lipinski definition) is 4. The molecule has 1 aromatic heterocycles. The fraction of sp³-hybridized carbons (Fsp3) is 0.261. The summed E-state index contributed by atoms with van der Waals surface area (Å²) in [6.45, 7) is 2.71. The van der Waals surface area contributed by atoms with Crippen LogP contribution in [0.1, 0.15) is 28.8 Å². The molecule has 30 heavy (non-hydrogen) atoms. The van der Waals surface area contributed by atoms with E-state index in [2.05, 4.69) is 33.1 Å². The molecule has 2 aromatic carbocycles.